The molecule has 1 saturated carbocycles. The lowest BCUT2D eigenvalue weighted by atomic mass is 9.82. The second-order valence-corrected chi connectivity index (χ2v) is 5.76. The average molecular weight is 242 g/mol. The van der Waals surface area contributed by atoms with Gasteiger partial charge in [-0.25, -0.2) is 4.79 Å². The van der Waals surface area contributed by atoms with Gasteiger partial charge in [-0.3, -0.25) is 0 Å². The number of amides is 1. The van der Waals surface area contributed by atoms with Gasteiger partial charge in [-0.2, -0.15) is 4.91 Å². The normalized spacial score (nSPS) is 19.5. The van der Waals surface area contributed by atoms with Crippen LogP contribution in [0.4, 0.5) is 4.79 Å². The van der Waals surface area contributed by atoms with Crippen LogP contribution in [0.25, 0.3) is 0 Å². The zero-order chi connectivity index (χ0) is 12.9. The number of carbonyl (C=O) groups excluding carboxylic acids is 1. The Morgan fingerprint density at radius 3 is 2.35 bits per heavy atom. The maximum absolute atomic E-state index is 11.7. The molecule has 1 aliphatic carbocycles. The maximum atomic E-state index is 11.7. The van der Waals surface area contributed by atoms with Gasteiger partial charge in [0.1, 0.15) is 12.1 Å². The smallest absolute Gasteiger partial charge is 0.408 e. The summed E-state index contributed by atoms with van der Waals surface area (Å²) >= 11 is 0. The summed E-state index contributed by atoms with van der Waals surface area (Å²) in [4.78, 5) is 22.2. The third-order valence-corrected chi connectivity index (χ3v) is 2.94. The van der Waals surface area contributed by atoms with Crippen molar-refractivity contribution in [1.82, 2.24) is 5.32 Å². The molecular weight excluding hydrogens is 220 g/mol. The zero-order valence-corrected chi connectivity index (χ0v) is 10.9. The number of carbonyl (C=O) groups is 1. The van der Waals surface area contributed by atoms with E-state index in [0.29, 0.717) is 0 Å². The Hall–Kier alpha value is -1.13. The van der Waals surface area contributed by atoms with Crippen molar-refractivity contribution >= 4 is 6.09 Å². The lowest BCUT2D eigenvalue weighted by molar-refractivity contribution is 0.0431. The first kappa shape index (κ1) is 13.9. The van der Waals surface area contributed by atoms with Gasteiger partial charge in [0, 0.05) is 0 Å². The van der Waals surface area contributed by atoms with Crippen LogP contribution in [0.2, 0.25) is 0 Å². The molecule has 0 bridgehead atoms. The van der Waals surface area contributed by atoms with E-state index in [9.17, 15) is 9.70 Å². The van der Waals surface area contributed by atoms with Crippen LogP contribution in [0, 0.1) is 4.91 Å². The minimum Gasteiger partial charge on any atom is -0.444 e. The molecule has 0 aromatic carbocycles. The fourth-order valence-electron chi connectivity index (χ4n) is 2.19. The van der Waals surface area contributed by atoms with E-state index in [1.54, 1.807) is 0 Å². The molecule has 0 spiro atoms. The van der Waals surface area contributed by atoms with E-state index in [-0.39, 0.29) is 6.54 Å². The van der Waals surface area contributed by atoms with Crippen molar-refractivity contribution in [3.8, 4) is 0 Å². The minimum atomic E-state index is -0.519. The summed E-state index contributed by atoms with van der Waals surface area (Å²) in [6.07, 6.45) is 4.34. The Balaban J connectivity index is 2.60. The topological polar surface area (TPSA) is 67.8 Å². The molecule has 98 valence electrons. The lowest BCUT2D eigenvalue weighted by Gasteiger charge is -2.36. The monoisotopic (exact) mass is 242 g/mol. The number of nitrogens with one attached hydrogen (secondary N) is 1. The van der Waals surface area contributed by atoms with Crippen molar-refractivity contribution in [2.75, 3.05) is 6.54 Å². The van der Waals surface area contributed by atoms with Crippen LogP contribution in [0.3, 0.4) is 0 Å². The highest BCUT2D eigenvalue weighted by atomic mass is 16.6. The van der Waals surface area contributed by atoms with Gasteiger partial charge in [-0.15, -0.1) is 0 Å². The Morgan fingerprint density at radius 1 is 1.29 bits per heavy atom. The van der Waals surface area contributed by atoms with Gasteiger partial charge in [0.25, 0.3) is 0 Å². The standard InChI is InChI=1S/C12H22N2O3/c1-11(2,3)17-10(15)14-12(9-13-16)7-5-4-6-8-12/h4-9H2,1-3H3,(H,14,15). The average Bonchev–Trinajstić information content (AvgIpc) is 2.15. The van der Waals surface area contributed by atoms with Crippen LogP contribution >= 0.6 is 0 Å². The van der Waals surface area contributed by atoms with E-state index in [2.05, 4.69) is 10.5 Å². The van der Waals surface area contributed by atoms with Gasteiger partial charge in [-0.05, 0) is 33.6 Å². The quantitative estimate of drug-likeness (QED) is 0.773. The van der Waals surface area contributed by atoms with Crippen LogP contribution in [0.5, 0.6) is 0 Å². The van der Waals surface area contributed by atoms with Crippen molar-refractivity contribution in [1.29, 1.82) is 0 Å². The van der Waals surface area contributed by atoms with E-state index in [4.69, 9.17) is 4.74 Å². The van der Waals surface area contributed by atoms with E-state index in [1.165, 1.54) is 0 Å². The van der Waals surface area contributed by atoms with Gasteiger partial charge in [-0.1, -0.05) is 24.4 Å². The van der Waals surface area contributed by atoms with Crippen LogP contribution in [-0.2, 0) is 4.74 Å². The van der Waals surface area contributed by atoms with Crippen molar-refractivity contribution in [2.24, 2.45) is 5.18 Å². The maximum Gasteiger partial charge on any atom is 0.408 e. The Labute approximate surface area is 102 Å². The molecule has 1 rings (SSSR count). The predicted octanol–water partition coefficient (Wildman–Crippen LogP) is 2.98. The molecule has 0 heterocycles. The van der Waals surface area contributed by atoms with Crippen molar-refractivity contribution in [3.63, 3.8) is 0 Å². The van der Waals surface area contributed by atoms with Crippen LogP contribution in [-0.4, -0.2) is 23.8 Å². The first-order chi connectivity index (χ1) is 7.87. The SMILES string of the molecule is CC(C)(C)OC(=O)NC1(CN=O)CCCCC1. The predicted molar refractivity (Wildman–Crippen MR) is 65.8 cm³/mol. The van der Waals surface area contributed by atoms with E-state index >= 15 is 0 Å². The largest absolute Gasteiger partial charge is 0.444 e. The summed E-state index contributed by atoms with van der Waals surface area (Å²) in [6, 6.07) is 0. The third kappa shape index (κ3) is 4.71. The molecule has 0 saturated heterocycles. The molecule has 0 aromatic heterocycles. The Morgan fingerprint density at radius 2 is 1.88 bits per heavy atom. The van der Waals surface area contributed by atoms with Crippen LogP contribution in [0.1, 0.15) is 52.9 Å². The number of nitrogens with zero attached hydrogens (tertiary/aromatic N) is 1. The molecule has 1 fully saturated rings. The highest BCUT2D eigenvalue weighted by molar-refractivity contribution is 5.68. The first-order valence-electron chi connectivity index (χ1n) is 6.17. The fourth-order valence-corrected chi connectivity index (χ4v) is 2.19. The van der Waals surface area contributed by atoms with Crippen LogP contribution < -0.4 is 5.32 Å². The van der Waals surface area contributed by atoms with Gasteiger partial charge >= 0.3 is 6.09 Å². The summed E-state index contributed by atoms with van der Waals surface area (Å²) < 4.78 is 5.22. The molecule has 1 aliphatic rings. The lowest BCUT2D eigenvalue weighted by Crippen LogP contribution is -2.53. The molecule has 17 heavy (non-hydrogen) atoms. The number of ether oxygens (including phenoxy) is 1. The molecule has 0 unspecified atom stereocenters. The number of hydrogen-bond acceptors (Lipinski definition) is 4. The molecule has 0 atom stereocenters. The van der Waals surface area contributed by atoms with Crippen molar-refractivity contribution in [2.45, 2.75) is 64.0 Å². The Bertz CT molecular complexity index is 278. The molecule has 0 aromatic rings. The number of alkyl carbamates (subject to hydrolysis) is 1. The summed E-state index contributed by atoms with van der Waals surface area (Å²) in [5.41, 5.74) is -1.00. The summed E-state index contributed by atoms with van der Waals surface area (Å²) in [5, 5.41) is 5.80. The van der Waals surface area contributed by atoms with E-state index in [1.807, 2.05) is 20.8 Å². The number of hydrogen-bond donors (Lipinski definition) is 1. The molecule has 5 nitrogen and oxygen atoms in total. The molecule has 0 aliphatic heterocycles. The van der Waals surface area contributed by atoms with Gasteiger partial charge < -0.3 is 10.1 Å². The molecule has 0 radical (unpaired) electrons. The van der Waals surface area contributed by atoms with E-state index < -0.39 is 17.2 Å². The first-order valence-corrected chi connectivity index (χ1v) is 6.17. The number of nitroso groups, excluding NO2 is 1. The summed E-state index contributed by atoms with van der Waals surface area (Å²) in [6.45, 7) is 5.58. The van der Waals surface area contributed by atoms with Gasteiger partial charge in [0.2, 0.25) is 0 Å². The summed E-state index contributed by atoms with van der Waals surface area (Å²) in [7, 11) is 0. The van der Waals surface area contributed by atoms with E-state index in [0.717, 1.165) is 32.1 Å². The highest BCUT2D eigenvalue weighted by Gasteiger charge is 2.35. The second kappa shape index (κ2) is 5.47. The molecule has 5 heteroatoms. The molecule has 1 N–H and O–H groups in total. The second-order valence-electron chi connectivity index (χ2n) is 5.76. The minimum absolute atomic E-state index is 0.131. The highest BCUT2D eigenvalue weighted by Crippen LogP contribution is 2.29. The van der Waals surface area contributed by atoms with Gasteiger partial charge in [0.15, 0.2) is 0 Å². The summed E-state index contributed by atoms with van der Waals surface area (Å²) in [5.74, 6) is 0. The molecular formula is C12H22N2O3. The van der Waals surface area contributed by atoms with Crippen molar-refractivity contribution < 1.29 is 9.53 Å². The third-order valence-electron chi connectivity index (χ3n) is 2.94. The number of rotatable bonds is 3. The Kier molecular flexibility index (Phi) is 4.48. The van der Waals surface area contributed by atoms with Crippen LogP contribution in [0.15, 0.2) is 5.18 Å². The molecule has 1 amide bonds. The van der Waals surface area contributed by atoms with Crippen molar-refractivity contribution in [3.05, 3.63) is 4.91 Å². The fraction of sp³-hybridized carbons (Fsp3) is 0.917. The zero-order valence-electron chi connectivity index (χ0n) is 10.9. The van der Waals surface area contributed by atoms with Gasteiger partial charge in [0.05, 0.1) is 5.54 Å².